The molecule has 2 rings (SSSR count). The standard InChI is InChI=1S/C16H23NO2/c1-15(2,3)11-8-7-9-12-13(11)19-10-16(4,5)14(18)17(12)6/h7-9H,10H2,1-6H3. The minimum Gasteiger partial charge on any atom is -0.490 e. The van der Waals surface area contributed by atoms with Crippen LogP contribution in [-0.2, 0) is 10.2 Å². The molecule has 0 radical (unpaired) electrons. The number of ether oxygens (including phenoxy) is 1. The highest BCUT2D eigenvalue weighted by Gasteiger charge is 2.37. The van der Waals surface area contributed by atoms with Crippen molar-refractivity contribution in [3.05, 3.63) is 23.8 Å². The Morgan fingerprint density at radius 3 is 2.47 bits per heavy atom. The lowest BCUT2D eigenvalue weighted by Gasteiger charge is -2.25. The molecule has 0 fully saturated rings. The molecule has 0 spiro atoms. The lowest BCUT2D eigenvalue weighted by Crippen LogP contribution is -2.39. The smallest absolute Gasteiger partial charge is 0.235 e. The monoisotopic (exact) mass is 261 g/mol. The molecule has 1 aromatic carbocycles. The van der Waals surface area contributed by atoms with Gasteiger partial charge in [-0.3, -0.25) is 4.79 Å². The first-order chi connectivity index (χ1) is 8.64. The molecule has 0 atom stereocenters. The first-order valence-electron chi connectivity index (χ1n) is 6.69. The highest BCUT2D eigenvalue weighted by atomic mass is 16.5. The van der Waals surface area contributed by atoms with E-state index >= 15 is 0 Å². The number of fused-ring (bicyclic) bond motifs is 1. The molecule has 0 aliphatic carbocycles. The number of hydrogen-bond donors (Lipinski definition) is 0. The van der Waals surface area contributed by atoms with Gasteiger partial charge < -0.3 is 9.64 Å². The fourth-order valence-electron chi connectivity index (χ4n) is 2.41. The molecule has 1 heterocycles. The van der Waals surface area contributed by atoms with E-state index in [0.29, 0.717) is 6.61 Å². The van der Waals surface area contributed by atoms with Gasteiger partial charge in [-0.1, -0.05) is 32.9 Å². The zero-order valence-corrected chi connectivity index (χ0v) is 12.7. The summed E-state index contributed by atoms with van der Waals surface area (Å²) in [6, 6.07) is 6.02. The van der Waals surface area contributed by atoms with Crippen LogP contribution in [0.3, 0.4) is 0 Å². The van der Waals surface area contributed by atoms with Crippen molar-refractivity contribution in [3.8, 4) is 5.75 Å². The molecule has 104 valence electrons. The molecular formula is C16H23NO2. The van der Waals surface area contributed by atoms with Crippen molar-refractivity contribution in [2.24, 2.45) is 5.41 Å². The number of carbonyl (C=O) groups is 1. The van der Waals surface area contributed by atoms with Crippen LogP contribution in [0.25, 0.3) is 0 Å². The number of benzene rings is 1. The van der Waals surface area contributed by atoms with E-state index in [2.05, 4.69) is 26.8 Å². The molecule has 0 unspecified atom stereocenters. The summed E-state index contributed by atoms with van der Waals surface area (Å²) in [5, 5.41) is 0. The third kappa shape index (κ3) is 2.34. The maximum Gasteiger partial charge on any atom is 0.235 e. The van der Waals surface area contributed by atoms with Crippen molar-refractivity contribution >= 4 is 11.6 Å². The van der Waals surface area contributed by atoms with Gasteiger partial charge in [-0.25, -0.2) is 0 Å². The molecule has 0 aromatic heterocycles. The minimum absolute atomic E-state index is 0.0102. The first kappa shape index (κ1) is 13.9. The van der Waals surface area contributed by atoms with Gasteiger partial charge >= 0.3 is 0 Å². The highest BCUT2D eigenvalue weighted by Crippen LogP contribution is 2.42. The van der Waals surface area contributed by atoms with Gasteiger partial charge in [0.15, 0.2) is 0 Å². The molecule has 1 aromatic rings. The number of anilines is 1. The van der Waals surface area contributed by atoms with E-state index in [1.807, 2.05) is 33.0 Å². The summed E-state index contributed by atoms with van der Waals surface area (Å²) in [5.41, 5.74) is 1.50. The Labute approximate surface area is 115 Å². The Bertz CT molecular complexity index is 512. The zero-order valence-electron chi connectivity index (χ0n) is 12.7. The molecule has 0 saturated carbocycles. The number of amides is 1. The van der Waals surface area contributed by atoms with Crippen LogP contribution >= 0.6 is 0 Å². The Morgan fingerprint density at radius 2 is 1.89 bits per heavy atom. The highest BCUT2D eigenvalue weighted by molar-refractivity contribution is 5.99. The lowest BCUT2D eigenvalue weighted by molar-refractivity contribution is -0.127. The second kappa shape index (κ2) is 4.26. The van der Waals surface area contributed by atoms with Gasteiger partial charge in [0.2, 0.25) is 5.91 Å². The van der Waals surface area contributed by atoms with E-state index in [9.17, 15) is 4.79 Å². The molecule has 19 heavy (non-hydrogen) atoms. The van der Waals surface area contributed by atoms with Gasteiger partial charge in [-0.05, 0) is 25.3 Å². The van der Waals surface area contributed by atoms with E-state index in [4.69, 9.17) is 4.74 Å². The van der Waals surface area contributed by atoms with Gasteiger partial charge in [-0.2, -0.15) is 0 Å². The summed E-state index contributed by atoms with van der Waals surface area (Å²) in [4.78, 5) is 14.2. The van der Waals surface area contributed by atoms with Crippen molar-refractivity contribution in [2.75, 3.05) is 18.6 Å². The molecular weight excluding hydrogens is 238 g/mol. The van der Waals surface area contributed by atoms with Crippen molar-refractivity contribution < 1.29 is 9.53 Å². The largest absolute Gasteiger partial charge is 0.490 e. The summed E-state index contributed by atoms with van der Waals surface area (Å²) in [6.07, 6.45) is 0. The maximum atomic E-state index is 12.4. The van der Waals surface area contributed by atoms with Crippen molar-refractivity contribution in [1.82, 2.24) is 0 Å². The number of hydrogen-bond acceptors (Lipinski definition) is 2. The third-order valence-corrected chi connectivity index (χ3v) is 3.62. The molecule has 1 amide bonds. The maximum absolute atomic E-state index is 12.4. The Hall–Kier alpha value is -1.51. The Morgan fingerprint density at radius 1 is 1.26 bits per heavy atom. The van der Waals surface area contributed by atoms with Crippen molar-refractivity contribution in [2.45, 2.75) is 40.0 Å². The number of rotatable bonds is 0. The topological polar surface area (TPSA) is 29.5 Å². The van der Waals surface area contributed by atoms with Crippen LogP contribution in [0.15, 0.2) is 18.2 Å². The molecule has 3 heteroatoms. The Balaban J connectivity index is 2.61. The van der Waals surface area contributed by atoms with E-state index in [1.165, 1.54) is 0 Å². The molecule has 3 nitrogen and oxygen atoms in total. The molecule has 0 bridgehead atoms. The normalized spacial score (nSPS) is 18.6. The molecule has 0 saturated heterocycles. The van der Waals surface area contributed by atoms with Gasteiger partial charge in [0.05, 0.1) is 11.1 Å². The summed E-state index contributed by atoms with van der Waals surface area (Å²) in [6.45, 7) is 10.7. The van der Waals surface area contributed by atoms with Crippen LogP contribution in [0, 0.1) is 5.41 Å². The average Bonchev–Trinajstić information content (AvgIpc) is 2.40. The molecule has 1 aliphatic rings. The zero-order chi connectivity index (χ0) is 14.4. The van der Waals surface area contributed by atoms with Crippen LogP contribution in [0.4, 0.5) is 5.69 Å². The number of para-hydroxylation sites is 1. The summed E-state index contributed by atoms with van der Waals surface area (Å²) < 4.78 is 6.00. The quantitative estimate of drug-likeness (QED) is 0.716. The van der Waals surface area contributed by atoms with Crippen molar-refractivity contribution in [3.63, 3.8) is 0 Å². The summed E-state index contributed by atoms with van der Waals surface area (Å²) in [7, 11) is 1.82. The van der Waals surface area contributed by atoms with Crippen LogP contribution in [0.2, 0.25) is 0 Å². The van der Waals surface area contributed by atoms with Crippen LogP contribution in [0.5, 0.6) is 5.75 Å². The van der Waals surface area contributed by atoms with Gasteiger partial charge in [0, 0.05) is 12.6 Å². The second-order valence-electron chi connectivity index (χ2n) is 6.94. The first-order valence-corrected chi connectivity index (χ1v) is 6.69. The summed E-state index contributed by atoms with van der Waals surface area (Å²) in [5.74, 6) is 0.939. The van der Waals surface area contributed by atoms with Gasteiger partial charge in [0.1, 0.15) is 12.4 Å². The summed E-state index contributed by atoms with van der Waals surface area (Å²) >= 11 is 0. The number of carbonyl (C=O) groups excluding carboxylic acids is 1. The second-order valence-corrected chi connectivity index (χ2v) is 6.94. The predicted octanol–water partition coefficient (Wildman–Crippen LogP) is 3.37. The fourth-order valence-corrected chi connectivity index (χ4v) is 2.41. The van der Waals surface area contributed by atoms with E-state index < -0.39 is 5.41 Å². The lowest BCUT2D eigenvalue weighted by atomic mass is 9.86. The van der Waals surface area contributed by atoms with E-state index in [-0.39, 0.29) is 11.3 Å². The van der Waals surface area contributed by atoms with Gasteiger partial charge in [0.25, 0.3) is 0 Å². The average molecular weight is 261 g/mol. The van der Waals surface area contributed by atoms with Crippen molar-refractivity contribution in [1.29, 1.82) is 0 Å². The van der Waals surface area contributed by atoms with Crippen LogP contribution < -0.4 is 9.64 Å². The Kier molecular flexibility index (Phi) is 3.12. The number of nitrogens with zero attached hydrogens (tertiary/aromatic N) is 1. The third-order valence-electron chi connectivity index (χ3n) is 3.62. The van der Waals surface area contributed by atoms with E-state index in [1.54, 1.807) is 4.90 Å². The SMILES string of the molecule is CN1C(=O)C(C)(C)COc2c1cccc2C(C)(C)C. The molecule has 1 aliphatic heterocycles. The van der Waals surface area contributed by atoms with E-state index in [0.717, 1.165) is 17.0 Å². The molecule has 0 N–H and O–H groups in total. The van der Waals surface area contributed by atoms with Gasteiger partial charge in [-0.15, -0.1) is 0 Å². The van der Waals surface area contributed by atoms with Crippen LogP contribution in [0.1, 0.15) is 40.2 Å². The fraction of sp³-hybridized carbons (Fsp3) is 0.562. The predicted molar refractivity (Wildman–Crippen MR) is 77.8 cm³/mol. The van der Waals surface area contributed by atoms with Crippen LogP contribution in [-0.4, -0.2) is 19.6 Å². The minimum atomic E-state index is -0.497.